The molecule has 0 spiro atoms. The van der Waals surface area contributed by atoms with Crippen LogP contribution in [0.2, 0.25) is 0 Å². The second kappa shape index (κ2) is 7.40. The zero-order chi connectivity index (χ0) is 18.0. The van der Waals surface area contributed by atoms with Crippen LogP contribution in [0, 0.1) is 13.8 Å². The molecule has 1 amide bonds. The summed E-state index contributed by atoms with van der Waals surface area (Å²) < 4.78 is 5.67. The molecule has 1 aromatic carbocycles. The summed E-state index contributed by atoms with van der Waals surface area (Å²) in [5.41, 5.74) is 3.59. The van der Waals surface area contributed by atoms with Crippen LogP contribution in [0.5, 0.6) is 0 Å². The minimum absolute atomic E-state index is 0.0515. The quantitative estimate of drug-likeness (QED) is 0.908. The van der Waals surface area contributed by atoms with E-state index in [-0.39, 0.29) is 17.6 Å². The van der Waals surface area contributed by atoms with Crippen LogP contribution < -0.4 is 5.56 Å². The van der Waals surface area contributed by atoms with Crippen molar-refractivity contribution in [2.45, 2.75) is 52.7 Å². The molecular formula is C20H26N2O3. The summed E-state index contributed by atoms with van der Waals surface area (Å²) in [6.45, 7) is 7.54. The molecule has 0 bridgehead atoms. The molecule has 1 N–H and O–H groups in total. The van der Waals surface area contributed by atoms with Gasteiger partial charge in [-0.1, -0.05) is 13.0 Å². The molecule has 3 rings (SSSR count). The standard InChI is InChI=1S/C20H26N2O3/c1-4-19(23)22(12-16-6-5-7-25-16)11-15-10-17-14(3)8-13(2)9-18(17)21-20(15)24/h8-10,16H,4-7,11-12H2,1-3H3,(H,21,24)/t16-/m1/s1. The van der Waals surface area contributed by atoms with Gasteiger partial charge in [0.25, 0.3) is 5.56 Å². The van der Waals surface area contributed by atoms with Gasteiger partial charge in [-0.05, 0) is 49.9 Å². The Morgan fingerprint density at radius 3 is 2.80 bits per heavy atom. The number of fused-ring (bicyclic) bond motifs is 1. The highest BCUT2D eigenvalue weighted by atomic mass is 16.5. The molecule has 1 aromatic heterocycles. The summed E-state index contributed by atoms with van der Waals surface area (Å²) in [5, 5.41) is 1.03. The lowest BCUT2D eigenvalue weighted by atomic mass is 10.0. The van der Waals surface area contributed by atoms with Gasteiger partial charge >= 0.3 is 0 Å². The molecule has 1 aliphatic heterocycles. The Morgan fingerprint density at radius 2 is 2.12 bits per heavy atom. The molecule has 2 aromatic rings. The van der Waals surface area contributed by atoms with Crippen LogP contribution in [0.15, 0.2) is 23.0 Å². The molecule has 0 unspecified atom stereocenters. The van der Waals surface area contributed by atoms with Gasteiger partial charge in [0, 0.05) is 36.0 Å². The summed E-state index contributed by atoms with van der Waals surface area (Å²) in [5.74, 6) is 0.0515. The normalized spacial score (nSPS) is 17.2. The third kappa shape index (κ3) is 3.93. The molecule has 1 atom stereocenters. The number of rotatable bonds is 5. The Labute approximate surface area is 148 Å². The van der Waals surface area contributed by atoms with Crippen molar-refractivity contribution >= 4 is 16.8 Å². The van der Waals surface area contributed by atoms with Crippen molar-refractivity contribution in [2.24, 2.45) is 0 Å². The van der Waals surface area contributed by atoms with E-state index in [1.165, 1.54) is 0 Å². The topological polar surface area (TPSA) is 62.4 Å². The van der Waals surface area contributed by atoms with E-state index in [9.17, 15) is 9.59 Å². The van der Waals surface area contributed by atoms with Crippen molar-refractivity contribution in [3.8, 4) is 0 Å². The molecule has 2 heterocycles. The van der Waals surface area contributed by atoms with E-state index >= 15 is 0 Å². The fraction of sp³-hybridized carbons (Fsp3) is 0.500. The van der Waals surface area contributed by atoms with Gasteiger partial charge in [0.15, 0.2) is 0 Å². The fourth-order valence-electron chi connectivity index (χ4n) is 3.55. The Morgan fingerprint density at radius 1 is 1.32 bits per heavy atom. The third-order valence-electron chi connectivity index (χ3n) is 4.85. The summed E-state index contributed by atoms with van der Waals surface area (Å²) in [6.07, 6.45) is 2.52. The summed E-state index contributed by atoms with van der Waals surface area (Å²) >= 11 is 0. The van der Waals surface area contributed by atoms with Gasteiger partial charge in [0.1, 0.15) is 0 Å². The van der Waals surface area contributed by atoms with Gasteiger partial charge in [-0.2, -0.15) is 0 Å². The zero-order valence-electron chi connectivity index (χ0n) is 15.2. The van der Waals surface area contributed by atoms with Crippen molar-refractivity contribution in [3.63, 3.8) is 0 Å². The molecule has 0 radical (unpaired) electrons. The largest absolute Gasteiger partial charge is 0.376 e. The molecule has 0 aliphatic carbocycles. The number of hydrogen-bond donors (Lipinski definition) is 1. The predicted molar refractivity (Wildman–Crippen MR) is 98.7 cm³/mol. The van der Waals surface area contributed by atoms with Crippen molar-refractivity contribution < 1.29 is 9.53 Å². The van der Waals surface area contributed by atoms with Crippen LogP contribution in [0.3, 0.4) is 0 Å². The number of H-pyrrole nitrogens is 1. The van der Waals surface area contributed by atoms with E-state index in [1.807, 2.05) is 32.9 Å². The van der Waals surface area contributed by atoms with E-state index in [4.69, 9.17) is 4.74 Å². The fourth-order valence-corrected chi connectivity index (χ4v) is 3.55. The number of nitrogens with zero attached hydrogens (tertiary/aromatic N) is 1. The van der Waals surface area contributed by atoms with Gasteiger partial charge in [0.05, 0.1) is 12.6 Å². The number of nitrogens with one attached hydrogen (secondary N) is 1. The maximum absolute atomic E-state index is 12.5. The van der Waals surface area contributed by atoms with E-state index in [0.29, 0.717) is 25.1 Å². The Kier molecular flexibility index (Phi) is 5.23. The maximum Gasteiger partial charge on any atom is 0.253 e. The van der Waals surface area contributed by atoms with Gasteiger partial charge < -0.3 is 14.6 Å². The third-order valence-corrected chi connectivity index (χ3v) is 4.85. The second-order valence-electron chi connectivity index (χ2n) is 6.93. The number of ether oxygens (including phenoxy) is 1. The number of aromatic nitrogens is 1. The number of carbonyl (C=O) groups excluding carboxylic acids is 1. The molecular weight excluding hydrogens is 316 g/mol. The maximum atomic E-state index is 12.5. The first-order chi connectivity index (χ1) is 12.0. The number of carbonyl (C=O) groups is 1. The first-order valence-corrected chi connectivity index (χ1v) is 9.00. The molecule has 1 saturated heterocycles. The molecule has 134 valence electrons. The van der Waals surface area contributed by atoms with Crippen LogP contribution in [-0.4, -0.2) is 35.0 Å². The van der Waals surface area contributed by atoms with E-state index in [0.717, 1.165) is 41.5 Å². The highest BCUT2D eigenvalue weighted by molar-refractivity contribution is 5.83. The van der Waals surface area contributed by atoms with Gasteiger partial charge in [-0.3, -0.25) is 9.59 Å². The molecule has 1 aliphatic rings. The first kappa shape index (κ1) is 17.7. The van der Waals surface area contributed by atoms with Crippen molar-refractivity contribution in [3.05, 3.63) is 45.2 Å². The van der Waals surface area contributed by atoms with Gasteiger partial charge in [0.2, 0.25) is 5.91 Å². The van der Waals surface area contributed by atoms with Crippen LogP contribution >= 0.6 is 0 Å². The summed E-state index contributed by atoms with van der Waals surface area (Å²) in [4.78, 5) is 29.6. The zero-order valence-corrected chi connectivity index (χ0v) is 15.2. The average Bonchev–Trinajstić information content (AvgIpc) is 3.07. The lowest BCUT2D eigenvalue weighted by molar-refractivity contribution is -0.133. The minimum Gasteiger partial charge on any atom is -0.376 e. The molecule has 5 nitrogen and oxygen atoms in total. The van der Waals surface area contributed by atoms with E-state index in [1.54, 1.807) is 4.90 Å². The van der Waals surface area contributed by atoms with Gasteiger partial charge in [-0.25, -0.2) is 0 Å². The molecule has 5 heteroatoms. The summed E-state index contributed by atoms with van der Waals surface area (Å²) in [6, 6.07) is 6.01. The minimum atomic E-state index is -0.126. The van der Waals surface area contributed by atoms with Crippen molar-refractivity contribution in [1.29, 1.82) is 0 Å². The lowest BCUT2D eigenvalue weighted by Gasteiger charge is -2.25. The predicted octanol–water partition coefficient (Wildman–Crippen LogP) is 3.06. The number of aryl methyl sites for hydroxylation is 2. The van der Waals surface area contributed by atoms with E-state index < -0.39 is 0 Å². The van der Waals surface area contributed by atoms with E-state index in [2.05, 4.69) is 11.1 Å². The first-order valence-electron chi connectivity index (χ1n) is 9.00. The monoisotopic (exact) mass is 342 g/mol. The Bertz CT molecular complexity index is 835. The van der Waals surface area contributed by atoms with Gasteiger partial charge in [-0.15, -0.1) is 0 Å². The number of amides is 1. The van der Waals surface area contributed by atoms with Crippen molar-refractivity contribution in [1.82, 2.24) is 9.88 Å². The Balaban J connectivity index is 1.91. The number of hydrogen-bond acceptors (Lipinski definition) is 3. The molecule has 25 heavy (non-hydrogen) atoms. The van der Waals surface area contributed by atoms with Crippen LogP contribution in [-0.2, 0) is 16.1 Å². The smallest absolute Gasteiger partial charge is 0.253 e. The lowest BCUT2D eigenvalue weighted by Crippen LogP contribution is -2.37. The molecule has 1 fully saturated rings. The average molecular weight is 342 g/mol. The van der Waals surface area contributed by atoms with Crippen LogP contribution in [0.1, 0.15) is 42.9 Å². The SMILES string of the molecule is CCC(=O)N(Cc1cc2c(C)cc(C)cc2[nH]c1=O)C[C@H]1CCCO1. The van der Waals surface area contributed by atoms with Crippen molar-refractivity contribution in [2.75, 3.05) is 13.2 Å². The number of pyridine rings is 1. The number of benzene rings is 1. The highest BCUT2D eigenvalue weighted by Crippen LogP contribution is 2.20. The highest BCUT2D eigenvalue weighted by Gasteiger charge is 2.22. The second-order valence-corrected chi connectivity index (χ2v) is 6.93. The summed E-state index contributed by atoms with van der Waals surface area (Å²) in [7, 11) is 0. The Hall–Kier alpha value is -2.14. The van der Waals surface area contributed by atoms with Crippen LogP contribution in [0.25, 0.3) is 10.9 Å². The number of aromatic amines is 1. The molecule has 0 saturated carbocycles. The van der Waals surface area contributed by atoms with Crippen LogP contribution in [0.4, 0.5) is 0 Å².